The number of hydrogen-bond acceptors (Lipinski definition) is 4. The maximum Gasteiger partial charge on any atom is 0.239 e. The summed E-state index contributed by atoms with van der Waals surface area (Å²) in [5.41, 5.74) is -0.671. The lowest BCUT2D eigenvalue weighted by Gasteiger charge is -2.29. The first-order chi connectivity index (χ1) is 10.8. The van der Waals surface area contributed by atoms with Gasteiger partial charge in [0.2, 0.25) is 11.8 Å². The maximum atomic E-state index is 12.6. The van der Waals surface area contributed by atoms with Gasteiger partial charge in [-0.3, -0.25) is 9.59 Å². The highest BCUT2D eigenvalue weighted by Gasteiger charge is 2.38. The van der Waals surface area contributed by atoms with Gasteiger partial charge in [-0.2, -0.15) is 0 Å². The quantitative estimate of drug-likeness (QED) is 0.783. The van der Waals surface area contributed by atoms with Crippen LogP contribution in [0.5, 0.6) is 11.5 Å². The number of carbonyl (C=O) groups excluding carboxylic acids is 2. The molecule has 0 radical (unpaired) electrons. The van der Waals surface area contributed by atoms with E-state index >= 15 is 0 Å². The van der Waals surface area contributed by atoms with Crippen LogP contribution >= 0.6 is 0 Å². The summed E-state index contributed by atoms with van der Waals surface area (Å²) in [6, 6.07) is 5.08. The highest BCUT2D eigenvalue weighted by atomic mass is 16.5. The van der Waals surface area contributed by atoms with E-state index in [2.05, 4.69) is 5.32 Å². The van der Waals surface area contributed by atoms with Crippen molar-refractivity contribution in [3.05, 3.63) is 18.2 Å². The number of amides is 2. The van der Waals surface area contributed by atoms with Crippen molar-refractivity contribution in [1.29, 1.82) is 0 Å². The van der Waals surface area contributed by atoms with Crippen molar-refractivity contribution in [1.82, 2.24) is 4.90 Å². The molecule has 2 amide bonds. The molecular formula is C17H26N2O4. The van der Waals surface area contributed by atoms with Crippen LogP contribution in [0.15, 0.2) is 18.2 Å². The Bertz CT molecular complexity index is 566. The number of rotatable bonds is 7. The molecule has 0 bridgehead atoms. The Hall–Kier alpha value is -2.24. The first kappa shape index (κ1) is 18.8. The van der Waals surface area contributed by atoms with E-state index in [9.17, 15) is 9.59 Å². The third-order valence-corrected chi connectivity index (χ3v) is 3.81. The highest BCUT2D eigenvalue weighted by molar-refractivity contribution is 6.10. The summed E-state index contributed by atoms with van der Waals surface area (Å²) >= 11 is 0. The second-order valence-electron chi connectivity index (χ2n) is 5.62. The first-order valence-electron chi connectivity index (χ1n) is 7.64. The van der Waals surface area contributed by atoms with Crippen LogP contribution in [0.3, 0.4) is 0 Å². The third-order valence-electron chi connectivity index (χ3n) is 3.81. The molecule has 0 unspecified atom stereocenters. The molecule has 6 nitrogen and oxygen atoms in total. The molecule has 1 rings (SSSR count). The second kappa shape index (κ2) is 7.85. The number of carbonyl (C=O) groups is 2. The molecule has 0 atom stereocenters. The first-order valence-corrected chi connectivity index (χ1v) is 7.64. The fourth-order valence-corrected chi connectivity index (χ4v) is 2.18. The van der Waals surface area contributed by atoms with E-state index in [1.165, 1.54) is 7.11 Å². The number of ether oxygens (including phenoxy) is 2. The molecule has 0 fully saturated rings. The Kier molecular flexibility index (Phi) is 6.42. The lowest BCUT2D eigenvalue weighted by Crippen LogP contribution is -2.47. The standard InChI is InChI=1S/C17H26N2O4/c1-7-19(8-2)16(21)17(3,4)15(20)18-13-10-9-12(22-5)11-14(13)23-6/h9-11H,7-8H2,1-6H3,(H,18,20). The van der Waals surface area contributed by atoms with Gasteiger partial charge < -0.3 is 19.7 Å². The molecule has 6 heteroatoms. The average Bonchev–Trinajstić information content (AvgIpc) is 2.55. The van der Waals surface area contributed by atoms with Gasteiger partial charge in [-0.15, -0.1) is 0 Å². The molecule has 0 aliphatic heterocycles. The zero-order valence-corrected chi connectivity index (χ0v) is 14.7. The summed E-state index contributed by atoms with van der Waals surface area (Å²) < 4.78 is 10.4. The largest absolute Gasteiger partial charge is 0.497 e. The molecule has 0 spiro atoms. The van der Waals surface area contributed by atoms with Crippen LogP contribution in [0.4, 0.5) is 5.69 Å². The minimum Gasteiger partial charge on any atom is -0.497 e. The molecule has 1 aromatic rings. The third kappa shape index (κ3) is 4.15. The number of benzene rings is 1. The molecule has 1 aromatic carbocycles. The summed E-state index contributed by atoms with van der Waals surface area (Å²) in [5, 5.41) is 2.77. The van der Waals surface area contributed by atoms with Crippen LogP contribution in [0.2, 0.25) is 0 Å². The van der Waals surface area contributed by atoms with Gasteiger partial charge in [-0.1, -0.05) is 0 Å². The summed E-state index contributed by atoms with van der Waals surface area (Å²) in [5.74, 6) is 0.521. The van der Waals surface area contributed by atoms with Crippen molar-refractivity contribution in [2.24, 2.45) is 5.41 Å². The van der Waals surface area contributed by atoms with Gasteiger partial charge in [0.1, 0.15) is 16.9 Å². The second-order valence-corrected chi connectivity index (χ2v) is 5.62. The van der Waals surface area contributed by atoms with Gasteiger partial charge in [0.15, 0.2) is 0 Å². The molecule has 0 heterocycles. The van der Waals surface area contributed by atoms with Gasteiger partial charge in [-0.05, 0) is 39.8 Å². The smallest absolute Gasteiger partial charge is 0.239 e. The van der Waals surface area contributed by atoms with Crippen LogP contribution in [0.1, 0.15) is 27.7 Å². The monoisotopic (exact) mass is 322 g/mol. The zero-order chi connectivity index (χ0) is 17.6. The molecule has 128 valence electrons. The lowest BCUT2D eigenvalue weighted by atomic mass is 9.90. The normalized spacial score (nSPS) is 10.9. The Balaban J connectivity index is 3.00. The van der Waals surface area contributed by atoms with Crippen molar-refractivity contribution in [3.8, 4) is 11.5 Å². The molecule has 23 heavy (non-hydrogen) atoms. The molecule has 0 aromatic heterocycles. The minimum atomic E-state index is -1.17. The topological polar surface area (TPSA) is 67.9 Å². The fraction of sp³-hybridized carbons (Fsp3) is 0.529. The number of nitrogens with zero attached hydrogens (tertiary/aromatic N) is 1. The summed E-state index contributed by atoms with van der Waals surface area (Å²) in [7, 11) is 3.06. The minimum absolute atomic E-state index is 0.201. The Labute approximate surface area is 137 Å². The van der Waals surface area contributed by atoms with Gasteiger partial charge in [0.05, 0.1) is 19.9 Å². The van der Waals surface area contributed by atoms with E-state index < -0.39 is 5.41 Å². The molecule has 0 aliphatic rings. The summed E-state index contributed by atoms with van der Waals surface area (Å²) in [4.78, 5) is 26.8. The molecular weight excluding hydrogens is 296 g/mol. The number of anilines is 1. The van der Waals surface area contributed by atoms with E-state index in [1.54, 1.807) is 44.1 Å². The Morgan fingerprint density at radius 1 is 1.13 bits per heavy atom. The Morgan fingerprint density at radius 2 is 1.74 bits per heavy atom. The van der Waals surface area contributed by atoms with E-state index in [1.807, 2.05) is 13.8 Å². The van der Waals surface area contributed by atoms with Crippen LogP contribution in [0.25, 0.3) is 0 Å². The van der Waals surface area contributed by atoms with Crippen molar-refractivity contribution >= 4 is 17.5 Å². The van der Waals surface area contributed by atoms with Crippen molar-refractivity contribution in [3.63, 3.8) is 0 Å². The molecule has 0 saturated heterocycles. The zero-order valence-electron chi connectivity index (χ0n) is 14.7. The van der Waals surface area contributed by atoms with E-state index in [0.717, 1.165) is 0 Å². The van der Waals surface area contributed by atoms with Crippen molar-refractivity contribution in [2.45, 2.75) is 27.7 Å². The number of methoxy groups -OCH3 is 2. The average molecular weight is 322 g/mol. The maximum absolute atomic E-state index is 12.6. The predicted molar refractivity (Wildman–Crippen MR) is 89.9 cm³/mol. The lowest BCUT2D eigenvalue weighted by molar-refractivity contribution is -0.146. The van der Waals surface area contributed by atoms with Crippen molar-refractivity contribution < 1.29 is 19.1 Å². The van der Waals surface area contributed by atoms with E-state index in [-0.39, 0.29) is 11.8 Å². The van der Waals surface area contributed by atoms with Crippen molar-refractivity contribution in [2.75, 3.05) is 32.6 Å². The van der Waals surface area contributed by atoms with Gasteiger partial charge in [0, 0.05) is 19.2 Å². The van der Waals surface area contributed by atoms with E-state index in [0.29, 0.717) is 30.3 Å². The SMILES string of the molecule is CCN(CC)C(=O)C(C)(C)C(=O)Nc1ccc(OC)cc1OC. The molecule has 0 aliphatic carbocycles. The van der Waals surface area contributed by atoms with Gasteiger partial charge >= 0.3 is 0 Å². The molecule has 0 saturated carbocycles. The van der Waals surface area contributed by atoms with Crippen LogP contribution in [-0.4, -0.2) is 44.0 Å². The predicted octanol–water partition coefficient (Wildman–Crippen LogP) is 2.54. The fourth-order valence-electron chi connectivity index (χ4n) is 2.18. The Morgan fingerprint density at radius 3 is 2.22 bits per heavy atom. The number of hydrogen-bond donors (Lipinski definition) is 1. The molecule has 1 N–H and O–H groups in total. The number of nitrogens with one attached hydrogen (secondary N) is 1. The summed E-state index contributed by atoms with van der Waals surface area (Å²) in [6.45, 7) is 8.16. The van der Waals surface area contributed by atoms with Crippen LogP contribution in [0, 0.1) is 5.41 Å². The highest BCUT2D eigenvalue weighted by Crippen LogP contribution is 2.31. The van der Waals surface area contributed by atoms with Crippen LogP contribution in [-0.2, 0) is 9.59 Å². The summed E-state index contributed by atoms with van der Waals surface area (Å²) in [6.07, 6.45) is 0. The van der Waals surface area contributed by atoms with Gasteiger partial charge in [-0.25, -0.2) is 0 Å². The van der Waals surface area contributed by atoms with Crippen LogP contribution < -0.4 is 14.8 Å². The van der Waals surface area contributed by atoms with Gasteiger partial charge in [0.25, 0.3) is 0 Å². The van der Waals surface area contributed by atoms with E-state index in [4.69, 9.17) is 9.47 Å².